The van der Waals surface area contributed by atoms with Crippen LogP contribution in [0, 0.1) is 0 Å². The summed E-state index contributed by atoms with van der Waals surface area (Å²) in [7, 11) is 0. The average molecular weight is 138 g/mol. The summed E-state index contributed by atoms with van der Waals surface area (Å²) in [5.41, 5.74) is 2.67. The Kier molecular flexibility index (Phi) is 13.6. The van der Waals surface area contributed by atoms with Gasteiger partial charge in [-0.2, -0.15) is 5.48 Å². The Labute approximate surface area is 56.3 Å². The summed E-state index contributed by atoms with van der Waals surface area (Å²) in [5.74, 6) is 0. The van der Waals surface area contributed by atoms with Crippen molar-refractivity contribution in [1.29, 1.82) is 0 Å². The maximum atomic E-state index is 4.75. The Morgan fingerprint density at radius 1 is 1.75 bits per heavy atom. The molecule has 0 bridgehead atoms. The quantitative estimate of drug-likeness (QED) is 0.357. The molecule has 0 spiro atoms. The first-order valence-corrected chi connectivity index (χ1v) is 2.37. The van der Waals surface area contributed by atoms with Gasteiger partial charge in [0.1, 0.15) is 0 Å². The lowest BCUT2D eigenvalue weighted by Crippen LogP contribution is -2.13. The van der Waals surface area contributed by atoms with E-state index in [0.717, 1.165) is 0 Å². The first kappa shape index (κ1) is 10.8. The van der Waals surface area contributed by atoms with Crippen LogP contribution in [0.3, 0.4) is 0 Å². The van der Waals surface area contributed by atoms with Crippen molar-refractivity contribution in [2.45, 2.75) is 6.92 Å². The van der Waals surface area contributed by atoms with Crippen LogP contribution in [0.2, 0.25) is 0 Å². The van der Waals surface area contributed by atoms with Crippen LogP contribution in [0.25, 0.3) is 0 Å². The van der Waals surface area contributed by atoms with E-state index in [2.05, 4.69) is 12.1 Å². The number of nitrogens with one attached hydrogen (secondary N) is 1. The zero-order valence-electron chi connectivity index (χ0n) is 5.02. The van der Waals surface area contributed by atoms with E-state index >= 15 is 0 Å². The fourth-order valence-corrected chi connectivity index (χ4v) is 0.220. The Hall–Kier alpha value is -0.0500. The van der Waals surface area contributed by atoms with Crippen molar-refractivity contribution in [1.82, 2.24) is 5.48 Å². The minimum absolute atomic E-state index is 0. The fraction of sp³-hybridized carbons (Fsp3) is 0.600. The topological polar surface area (TPSA) is 21.3 Å². The Morgan fingerprint density at radius 3 is 2.75 bits per heavy atom. The molecular formula is C5H12ClNO. The van der Waals surface area contributed by atoms with Gasteiger partial charge in [-0.25, -0.2) is 0 Å². The molecule has 0 aliphatic carbocycles. The van der Waals surface area contributed by atoms with Gasteiger partial charge in [-0.15, -0.1) is 19.0 Å². The summed E-state index contributed by atoms with van der Waals surface area (Å²) in [6.07, 6.45) is 1.75. The van der Waals surface area contributed by atoms with Crippen molar-refractivity contribution < 1.29 is 4.84 Å². The van der Waals surface area contributed by atoms with Gasteiger partial charge in [0.25, 0.3) is 0 Å². The van der Waals surface area contributed by atoms with E-state index in [9.17, 15) is 0 Å². The van der Waals surface area contributed by atoms with Gasteiger partial charge in [-0.1, -0.05) is 6.08 Å². The molecule has 0 heterocycles. The molecule has 0 aliphatic heterocycles. The normalized spacial score (nSPS) is 7.62. The summed E-state index contributed by atoms with van der Waals surface area (Å²) in [6.45, 7) is 6.83. The van der Waals surface area contributed by atoms with Crippen molar-refractivity contribution in [3.05, 3.63) is 12.7 Å². The summed E-state index contributed by atoms with van der Waals surface area (Å²) >= 11 is 0. The zero-order chi connectivity index (χ0) is 5.54. The monoisotopic (exact) mass is 137 g/mol. The molecule has 0 saturated carbocycles. The maximum Gasteiger partial charge on any atom is 0.0654 e. The molecule has 0 fully saturated rings. The van der Waals surface area contributed by atoms with E-state index in [1.165, 1.54) is 0 Å². The van der Waals surface area contributed by atoms with Crippen molar-refractivity contribution in [2.24, 2.45) is 0 Å². The van der Waals surface area contributed by atoms with E-state index in [0.29, 0.717) is 13.2 Å². The lowest BCUT2D eigenvalue weighted by molar-refractivity contribution is 0.0588. The average Bonchev–Trinajstić information content (AvgIpc) is 1.69. The highest BCUT2D eigenvalue weighted by Crippen LogP contribution is 1.62. The molecule has 3 heteroatoms. The lowest BCUT2D eigenvalue weighted by atomic mass is 10.7. The van der Waals surface area contributed by atoms with Gasteiger partial charge in [-0.05, 0) is 6.92 Å². The van der Waals surface area contributed by atoms with Gasteiger partial charge in [0.05, 0.1) is 6.61 Å². The standard InChI is InChI=1S/C5H11NO.ClH/c1-3-5-6-7-4-2;/h3,6H,1,4-5H2,2H3;1H. The summed E-state index contributed by atoms with van der Waals surface area (Å²) in [6, 6.07) is 0. The number of rotatable bonds is 4. The molecule has 0 saturated heterocycles. The van der Waals surface area contributed by atoms with Crippen molar-refractivity contribution in [2.75, 3.05) is 13.2 Å². The summed E-state index contributed by atoms with van der Waals surface area (Å²) in [4.78, 5) is 4.75. The third kappa shape index (κ3) is 9.34. The van der Waals surface area contributed by atoms with Crippen LogP contribution >= 0.6 is 12.4 Å². The van der Waals surface area contributed by atoms with Crippen molar-refractivity contribution in [3.63, 3.8) is 0 Å². The molecule has 0 aromatic heterocycles. The summed E-state index contributed by atoms with van der Waals surface area (Å²) < 4.78 is 0. The van der Waals surface area contributed by atoms with Crippen LogP contribution in [0.5, 0.6) is 0 Å². The molecule has 0 atom stereocenters. The number of halogens is 1. The zero-order valence-corrected chi connectivity index (χ0v) is 5.83. The molecule has 0 amide bonds. The number of hydrogen-bond donors (Lipinski definition) is 1. The molecule has 0 aromatic carbocycles. The Morgan fingerprint density at radius 2 is 2.38 bits per heavy atom. The second kappa shape index (κ2) is 10.0. The first-order valence-electron chi connectivity index (χ1n) is 2.37. The highest BCUT2D eigenvalue weighted by molar-refractivity contribution is 5.85. The predicted octanol–water partition coefficient (Wildman–Crippen LogP) is 1.14. The largest absolute Gasteiger partial charge is 0.302 e. The van der Waals surface area contributed by atoms with Crippen LogP contribution in [-0.2, 0) is 4.84 Å². The van der Waals surface area contributed by atoms with E-state index in [4.69, 9.17) is 4.84 Å². The first-order chi connectivity index (χ1) is 3.41. The van der Waals surface area contributed by atoms with Crippen LogP contribution in [-0.4, -0.2) is 13.2 Å². The van der Waals surface area contributed by atoms with Gasteiger partial charge in [0.15, 0.2) is 0 Å². The number of hydrogen-bond acceptors (Lipinski definition) is 2. The molecule has 0 aromatic rings. The van der Waals surface area contributed by atoms with Crippen molar-refractivity contribution in [3.8, 4) is 0 Å². The highest BCUT2D eigenvalue weighted by Gasteiger charge is 1.72. The minimum Gasteiger partial charge on any atom is -0.302 e. The fourth-order valence-electron chi connectivity index (χ4n) is 0.220. The molecule has 0 aliphatic rings. The van der Waals surface area contributed by atoms with Crippen LogP contribution in [0.1, 0.15) is 6.92 Å². The summed E-state index contributed by atoms with van der Waals surface area (Å²) in [5, 5.41) is 0. The predicted molar refractivity (Wildman–Crippen MR) is 37.1 cm³/mol. The molecular weight excluding hydrogens is 126 g/mol. The minimum atomic E-state index is 0. The molecule has 0 radical (unpaired) electrons. The van der Waals surface area contributed by atoms with Crippen LogP contribution in [0.4, 0.5) is 0 Å². The third-order valence-corrected chi connectivity index (χ3v) is 0.474. The number of hydroxylamine groups is 1. The SMILES string of the molecule is C=CCNOCC.Cl. The van der Waals surface area contributed by atoms with Gasteiger partial charge in [0.2, 0.25) is 0 Å². The van der Waals surface area contributed by atoms with E-state index < -0.39 is 0 Å². The molecule has 0 unspecified atom stereocenters. The third-order valence-electron chi connectivity index (χ3n) is 0.474. The van der Waals surface area contributed by atoms with E-state index in [-0.39, 0.29) is 12.4 Å². The second-order valence-corrected chi connectivity index (χ2v) is 1.07. The van der Waals surface area contributed by atoms with Gasteiger partial charge in [0, 0.05) is 6.54 Å². The molecule has 8 heavy (non-hydrogen) atoms. The van der Waals surface area contributed by atoms with Gasteiger partial charge >= 0.3 is 0 Å². The smallest absolute Gasteiger partial charge is 0.0654 e. The Bertz CT molecular complexity index is 49.7. The molecule has 2 nitrogen and oxygen atoms in total. The molecule has 50 valence electrons. The molecule has 1 N–H and O–H groups in total. The molecule has 0 rings (SSSR count). The second-order valence-electron chi connectivity index (χ2n) is 1.07. The lowest BCUT2D eigenvalue weighted by Gasteiger charge is -1.95. The van der Waals surface area contributed by atoms with E-state index in [1.807, 2.05) is 6.92 Å². The van der Waals surface area contributed by atoms with Gasteiger partial charge in [-0.3, -0.25) is 0 Å². The van der Waals surface area contributed by atoms with Crippen LogP contribution < -0.4 is 5.48 Å². The van der Waals surface area contributed by atoms with Crippen molar-refractivity contribution >= 4 is 12.4 Å². The van der Waals surface area contributed by atoms with Gasteiger partial charge < -0.3 is 4.84 Å². The van der Waals surface area contributed by atoms with E-state index in [1.54, 1.807) is 6.08 Å². The van der Waals surface area contributed by atoms with Crippen LogP contribution in [0.15, 0.2) is 12.7 Å². The Balaban J connectivity index is 0. The maximum absolute atomic E-state index is 4.75. The highest BCUT2D eigenvalue weighted by atomic mass is 35.5.